The highest BCUT2D eigenvalue weighted by molar-refractivity contribution is 5.78. The molecule has 0 saturated carbocycles. The third-order valence-electron chi connectivity index (χ3n) is 1.99. The van der Waals surface area contributed by atoms with Crippen LogP contribution in [-0.2, 0) is 16.0 Å². The Bertz CT molecular complexity index is 373. The predicted octanol–water partition coefficient (Wildman–Crippen LogP) is -0.222. The number of carbonyl (C=O) groups is 2. The monoisotopic (exact) mass is 225 g/mol. The van der Waals surface area contributed by atoms with Gasteiger partial charge in [0.05, 0.1) is 12.1 Å². The first-order valence-electron chi connectivity index (χ1n) is 4.99. The summed E-state index contributed by atoms with van der Waals surface area (Å²) in [6.45, 7) is 4.05. The standard InChI is InChI=1S/C10H15N3O3/c1-7-9(16-6-13-7)5-10(15)12-4-3-11-8(2)14/h6H,3-5H2,1-2H3,(H,11,14)(H,12,15). The van der Waals surface area contributed by atoms with E-state index in [1.54, 1.807) is 6.92 Å². The Hall–Kier alpha value is -1.85. The van der Waals surface area contributed by atoms with E-state index >= 15 is 0 Å². The Labute approximate surface area is 93.4 Å². The Balaban J connectivity index is 2.21. The highest BCUT2D eigenvalue weighted by atomic mass is 16.3. The van der Waals surface area contributed by atoms with Crippen molar-refractivity contribution in [2.45, 2.75) is 20.3 Å². The number of aryl methyl sites for hydroxylation is 1. The lowest BCUT2D eigenvalue weighted by atomic mass is 10.2. The molecule has 1 rings (SSSR count). The van der Waals surface area contributed by atoms with Gasteiger partial charge in [-0.1, -0.05) is 0 Å². The van der Waals surface area contributed by atoms with Crippen molar-refractivity contribution in [3.8, 4) is 0 Å². The highest BCUT2D eigenvalue weighted by Crippen LogP contribution is 2.04. The highest BCUT2D eigenvalue weighted by Gasteiger charge is 2.08. The van der Waals surface area contributed by atoms with E-state index in [-0.39, 0.29) is 18.2 Å². The number of hydrogen-bond donors (Lipinski definition) is 2. The van der Waals surface area contributed by atoms with E-state index < -0.39 is 0 Å². The molecule has 2 amide bonds. The lowest BCUT2D eigenvalue weighted by Crippen LogP contribution is -2.34. The zero-order chi connectivity index (χ0) is 12.0. The average Bonchev–Trinajstić information content (AvgIpc) is 2.59. The van der Waals surface area contributed by atoms with Crippen LogP contribution >= 0.6 is 0 Å². The normalized spacial score (nSPS) is 9.88. The van der Waals surface area contributed by atoms with Gasteiger partial charge in [0.2, 0.25) is 11.8 Å². The number of oxazole rings is 1. The molecule has 0 saturated heterocycles. The maximum Gasteiger partial charge on any atom is 0.227 e. The summed E-state index contributed by atoms with van der Waals surface area (Å²) in [7, 11) is 0. The molecule has 0 spiro atoms. The molecule has 6 nitrogen and oxygen atoms in total. The van der Waals surface area contributed by atoms with Gasteiger partial charge in [0.15, 0.2) is 6.39 Å². The van der Waals surface area contributed by atoms with Crippen molar-refractivity contribution in [1.29, 1.82) is 0 Å². The van der Waals surface area contributed by atoms with E-state index in [0.717, 1.165) is 5.69 Å². The van der Waals surface area contributed by atoms with Crippen LogP contribution in [0.25, 0.3) is 0 Å². The number of amides is 2. The molecule has 1 heterocycles. The molecule has 0 aliphatic heterocycles. The molecule has 1 aromatic rings. The summed E-state index contributed by atoms with van der Waals surface area (Å²) in [6.07, 6.45) is 1.49. The van der Waals surface area contributed by atoms with Crippen LogP contribution < -0.4 is 10.6 Å². The van der Waals surface area contributed by atoms with Crippen LogP contribution in [0.1, 0.15) is 18.4 Å². The van der Waals surface area contributed by atoms with Crippen molar-refractivity contribution in [3.05, 3.63) is 17.8 Å². The minimum Gasteiger partial charge on any atom is -0.448 e. The van der Waals surface area contributed by atoms with E-state index in [1.807, 2.05) is 0 Å². The lowest BCUT2D eigenvalue weighted by Gasteiger charge is -2.04. The minimum atomic E-state index is -0.148. The van der Waals surface area contributed by atoms with Gasteiger partial charge in [-0.15, -0.1) is 0 Å². The zero-order valence-electron chi connectivity index (χ0n) is 9.37. The summed E-state index contributed by atoms with van der Waals surface area (Å²) in [5, 5.41) is 5.24. The Morgan fingerprint density at radius 2 is 2.06 bits per heavy atom. The molecule has 88 valence electrons. The Kier molecular flexibility index (Phi) is 4.50. The van der Waals surface area contributed by atoms with Crippen LogP contribution in [0.5, 0.6) is 0 Å². The van der Waals surface area contributed by atoms with Crippen LogP contribution in [0.4, 0.5) is 0 Å². The first-order valence-corrected chi connectivity index (χ1v) is 4.99. The maximum atomic E-state index is 11.4. The number of rotatable bonds is 5. The molecular formula is C10H15N3O3. The summed E-state index contributed by atoms with van der Waals surface area (Å²) >= 11 is 0. The number of nitrogens with one attached hydrogen (secondary N) is 2. The second-order valence-electron chi connectivity index (χ2n) is 3.37. The van der Waals surface area contributed by atoms with Gasteiger partial charge >= 0.3 is 0 Å². The Morgan fingerprint density at radius 1 is 1.38 bits per heavy atom. The van der Waals surface area contributed by atoms with E-state index in [0.29, 0.717) is 18.8 Å². The number of carbonyl (C=O) groups excluding carboxylic acids is 2. The van der Waals surface area contributed by atoms with Gasteiger partial charge in [-0.25, -0.2) is 4.98 Å². The van der Waals surface area contributed by atoms with Crippen molar-refractivity contribution in [2.24, 2.45) is 0 Å². The van der Waals surface area contributed by atoms with E-state index in [1.165, 1.54) is 13.3 Å². The Morgan fingerprint density at radius 3 is 2.62 bits per heavy atom. The summed E-state index contributed by atoms with van der Waals surface area (Å²) < 4.78 is 5.04. The quantitative estimate of drug-likeness (QED) is 0.678. The first-order chi connectivity index (χ1) is 7.59. The molecular weight excluding hydrogens is 210 g/mol. The van der Waals surface area contributed by atoms with Crippen molar-refractivity contribution < 1.29 is 14.0 Å². The van der Waals surface area contributed by atoms with Gasteiger partial charge in [-0.05, 0) is 6.92 Å². The van der Waals surface area contributed by atoms with Crippen LogP contribution in [-0.4, -0.2) is 29.9 Å². The van der Waals surface area contributed by atoms with Gasteiger partial charge in [0.1, 0.15) is 5.76 Å². The first kappa shape index (κ1) is 12.2. The number of hydrogen-bond acceptors (Lipinski definition) is 4. The fourth-order valence-electron chi connectivity index (χ4n) is 1.14. The van der Waals surface area contributed by atoms with Crippen molar-refractivity contribution >= 4 is 11.8 Å². The largest absolute Gasteiger partial charge is 0.448 e. The van der Waals surface area contributed by atoms with Crippen molar-refractivity contribution in [3.63, 3.8) is 0 Å². The van der Waals surface area contributed by atoms with Crippen LogP contribution in [0.15, 0.2) is 10.8 Å². The fraction of sp³-hybridized carbons (Fsp3) is 0.500. The molecule has 2 N–H and O–H groups in total. The summed E-state index contributed by atoms with van der Waals surface area (Å²) in [5.74, 6) is 0.308. The molecule has 0 aromatic carbocycles. The molecule has 0 atom stereocenters. The number of nitrogens with zero attached hydrogens (tertiary/aromatic N) is 1. The molecule has 0 aliphatic carbocycles. The van der Waals surface area contributed by atoms with Crippen LogP contribution in [0.2, 0.25) is 0 Å². The molecule has 16 heavy (non-hydrogen) atoms. The van der Waals surface area contributed by atoms with Crippen molar-refractivity contribution in [2.75, 3.05) is 13.1 Å². The smallest absolute Gasteiger partial charge is 0.227 e. The van der Waals surface area contributed by atoms with E-state index in [2.05, 4.69) is 15.6 Å². The van der Waals surface area contributed by atoms with E-state index in [9.17, 15) is 9.59 Å². The molecule has 0 radical (unpaired) electrons. The second kappa shape index (κ2) is 5.89. The molecule has 6 heteroatoms. The van der Waals surface area contributed by atoms with Gasteiger partial charge in [0, 0.05) is 20.0 Å². The predicted molar refractivity (Wildman–Crippen MR) is 56.6 cm³/mol. The third-order valence-corrected chi connectivity index (χ3v) is 1.99. The molecule has 0 unspecified atom stereocenters. The van der Waals surface area contributed by atoms with Gasteiger partial charge < -0.3 is 15.1 Å². The maximum absolute atomic E-state index is 11.4. The zero-order valence-corrected chi connectivity index (χ0v) is 9.37. The SMILES string of the molecule is CC(=O)NCCNC(=O)Cc1ocnc1C. The molecule has 0 bridgehead atoms. The fourth-order valence-corrected chi connectivity index (χ4v) is 1.14. The summed E-state index contributed by atoms with van der Waals surface area (Å²) in [6, 6.07) is 0. The van der Waals surface area contributed by atoms with Gasteiger partial charge in [-0.2, -0.15) is 0 Å². The van der Waals surface area contributed by atoms with E-state index in [4.69, 9.17) is 4.42 Å². The summed E-state index contributed by atoms with van der Waals surface area (Å²) in [5.41, 5.74) is 0.719. The number of aromatic nitrogens is 1. The van der Waals surface area contributed by atoms with Gasteiger partial charge in [0.25, 0.3) is 0 Å². The topological polar surface area (TPSA) is 84.2 Å². The van der Waals surface area contributed by atoms with Crippen molar-refractivity contribution in [1.82, 2.24) is 15.6 Å². The molecule has 0 fully saturated rings. The molecule has 1 aromatic heterocycles. The lowest BCUT2D eigenvalue weighted by molar-refractivity contribution is -0.121. The van der Waals surface area contributed by atoms with Crippen LogP contribution in [0, 0.1) is 6.92 Å². The minimum absolute atomic E-state index is 0.111. The average molecular weight is 225 g/mol. The second-order valence-corrected chi connectivity index (χ2v) is 3.37. The van der Waals surface area contributed by atoms with Gasteiger partial charge in [-0.3, -0.25) is 9.59 Å². The van der Waals surface area contributed by atoms with Crippen LogP contribution in [0.3, 0.4) is 0 Å². The molecule has 0 aliphatic rings. The third kappa shape index (κ3) is 4.12. The summed E-state index contributed by atoms with van der Waals surface area (Å²) in [4.78, 5) is 25.8.